The minimum atomic E-state index is -1.04. The second kappa shape index (κ2) is 6.82. The number of carbonyl (C=O) groups excluding carboxylic acids is 1. The normalized spacial score (nSPS) is 10.3. The van der Waals surface area contributed by atoms with Gasteiger partial charge in [-0.2, -0.15) is 0 Å². The van der Waals surface area contributed by atoms with Crippen LogP contribution in [0.15, 0.2) is 18.2 Å². The van der Waals surface area contributed by atoms with Crippen molar-refractivity contribution in [2.75, 3.05) is 6.54 Å². The molecule has 1 rings (SSSR count). The standard InChI is InChI=1S/C13H15F2NO3/c1-2-16(12(17)5-6-13(18)19)8-9-3-4-10(14)11(15)7-9/h3-4,7H,2,5-6,8H2,1H3,(H,18,19). The number of rotatable bonds is 6. The second-order valence-corrected chi connectivity index (χ2v) is 4.05. The van der Waals surface area contributed by atoms with Crippen LogP contribution in [-0.2, 0) is 16.1 Å². The van der Waals surface area contributed by atoms with Crippen molar-refractivity contribution in [1.29, 1.82) is 0 Å². The first-order valence-electron chi connectivity index (χ1n) is 5.87. The summed E-state index contributed by atoms with van der Waals surface area (Å²) in [7, 11) is 0. The molecule has 0 aliphatic rings. The van der Waals surface area contributed by atoms with E-state index >= 15 is 0 Å². The Morgan fingerprint density at radius 3 is 2.42 bits per heavy atom. The summed E-state index contributed by atoms with van der Waals surface area (Å²) in [5.74, 6) is -3.28. The van der Waals surface area contributed by atoms with Gasteiger partial charge in [0.15, 0.2) is 11.6 Å². The van der Waals surface area contributed by atoms with Crippen LogP contribution in [0.25, 0.3) is 0 Å². The summed E-state index contributed by atoms with van der Waals surface area (Å²) in [5, 5.41) is 8.51. The zero-order chi connectivity index (χ0) is 14.4. The SMILES string of the molecule is CCN(Cc1ccc(F)c(F)c1)C(=O)CCC(=O)O. The fourth-order valence-electron chi connectivity index (χ4n) is 1.61. The summed E-state index contributed by atoms with van der Waals surface area (Å²) in [4.78, 5) is 23.5. The number of hydrogen-bond donors (Lipinski definition) is 1. The van der Waals surface area contributed by atoms with E-state index in [1.165, 1.54) is 11.0 Å². The predicted molar refractivity (Wildman–Crippen MR) is 64.3 cm³/mol. The summed E-state index contributed by atoms with van der Waals surface area (Å²) in [6.45, 7) is 2.24. The van der Waals surface area contributed by atoms with Gasteiger partial charge in [-0.25, -0.2) is 8.78 Å². The zero-order valence-corrected chi connectivity index (χ0v) is 10.5. The third-order valence-corrected chi connectivity index (χ3v) is 2.64. The predicted octanol–water partition coefficient (Wildman–Crippen LogP) is 2.18. The summed E-state index contributed by atoms with van der Waals surface area (Å²) in [5.41, 5.74) is 0.462. The van der Waals surface area contributed by atoms with E-state index < -0.39 is 17.6 Å². The van der Waals surface area contributed by atoms with E-state index in [4.69, 9.17) is 5.11 Å². The molecule has 6 heteroatoms. The second-order valence-electron chi connectivity index (χ2n) is 4.05. The topological polar surface area (TPSA) is 57.6 Å². The van der Waals surface area contributed by atoms with Crippen LogP contribution in [0.1, 0.15) is 25.3 Å². The third-order valence-electron chi connectivity index (χ3n) is 2.64. The number of amides is 1. The third kappa shape index (κ3) is 4.65. The van der Waals surface area contributed by atoms with Gasteiger partial charge in [0.05, 0.1) is 6.42 Å². The lowest BCUT2D eigenvalue weighted by molar-refractivity contribution is -0.141. The summed E-state index contributed by atoms with van der Waals surface area (Å²) in [6.07, 6.45) is -0.347. The number of carbonyl (C=O) groups is 2. The lowest BCUT2D eigenvalue weighted by Crippen LogP contribution is -2.30. The number of carboxylic acids is 1. The molecular weight excluding hydrogens is 256 g/mol. The van der Waals surface area contributed by atoms with Gasteiger partial charge in [-0.3, -0.25) is 9.59 Å². The number of halogens is 2. The molecule has 0 radical (unpaired) electrons. The van der Waals surface area contributed by atoms with E-state index in [2.05, 4.69) is 0 Å². The minimum absolute atomic E-state index is 0.104. The van der Waals surface area contributed by atoms with Crippen molar-refractivity contribution in [3.8, 4) is 0 Å². The van der Waals surface area contributed by atoms with Gasteiger partial charge >= 0.3 is 5.97 Å². The van der Waals surface area contributed by atoms with Gasteiger partial charge < -0.3 is 10.0 Å². The molecule has 0 saturated carbocycles. The highest BCUT2D eigenvalue weighted by Gasteiger charge is 2.14. The molecule has 0 fully saturated rings. The highest BCUT2D eigenvalue weighted by molar-refractivity contribution is 5.80. The van der Waals surface area contributed by atoms with E-state index in [0.29, 0.717) is 12.1 Å². The largest absolute Gasteiger partial charge is 0.481 e. The van der Waals surface area contributed by atoms with E-state index in [1.54, 1.807) is 6.92 Å². The number of hydrogen-bond acceptors (Lipinski definition) is 2. The highest BCUT2D eigenvalue weighted by Crippen LogP contribution is 2.12. The van der Waals surface area contributed by atoms with E-state index in [1.807, 2.05) is 0 Å². The molecule has 1 aromatic rings. The summed E-state index contributed by atoms with van der Waals surface area (Å²) >= 11 is 0. The van der Waals surface area contributed by atoms with Gasteiger partial charge in [0.25, 0.3) is 0 Å². The summed E-state index contributed by atoms with van der Waals surface area (Å²) < 4.78 is 25.8. The Hall–Kier alpha value is -1.98. The molecule has 0 unspecified atom stereocenters. The van der Waals surface area contributed by atoms with Crippen LogP contribution in [0, 0.1) is 11.6 Å². The maximum absolute atomic E-state index is 13.0. The first-order valence-corrected chi connectivity index (χ1v) is 5.87. The molecule has 1 aromatic carbocycles. The van der Waals surface area contributed by atoms with Crippen LogP contribution >= 0.6 is 0 Å². The van der Waals surface area contributed by atoms with Crippen molar-refractivity contribution >= 4 is 11.9 Å². The lowest BCUT2D eigenvalue weighted by Gasteiger charge is -2.20. The Morgan fingerprint density at radius 2 is 1.89 bits per heavy atom. The lowest BCUT2D eigenvalue weighted by atomic mass is 10.2. The Kier molecular flexibility index (Phi) is 5.41. The van der Waals surface area contributed by atoms with Crippen LogP contribution in [0.4, 0.5) is 8.78 Å². The van der Waals surface area contributed by atoms with Crippen LogP contribution in [-0.4, -0.2) is 28.4 Å². The first-order chi connectivity index (χ1) is 8.93. The number of benzene rings is 1. The molecule has 0 bridgehead atoms. The molecule has 4 nitrogen and oxygen atoms in total. The molecule has 0 aromatic heterocycles. The number of aliphatic carboxylic acids is 1. The van der Waals surface area contributed by atoms with Gasteiger partial charge in [0, 0.05) is 19.5 Å². The molecule has 1 amide bonds. The van der Waals surface area contributed by atoms with Crippen molar-refractivity contribution in [1.82, 2.24) is 4.90 Å². The Labute approximate surface area is 109 Å². The summed E-state index contributed by atoms with van der Waals surface area (Å²) in [6, 6.07) is 3.42. The van der Waals surface area contributed by atoms with Crippen LogP contribution in [0.5, 0.6) is 0 Å². The minimum Gasteiger partial charge on any atom is -0.481 e. The maximum Gasteiger partial charge on any atom is 0.303 e. The van der Waals surface area contributed by atoms with Crippen molar-refractivity contribution in [3.63, 3.8) is 0 Å². The van der Waals surface area contributed by atoms with Crippen LogP contribution in [0.2, 0.25) is 0 Å². The van der Waals surface area contributed by atoms with E-state index in [-0.39, 0.29) is 25.3 Å². The number of nitrogens with zero attached hydrogens (tertiary/aromatic N) is 1. The van der Waals surface area contributed by atoms with Gasteiger partial charge in [0.2, 0.25) is 5.91 Å². The average molecular weight is 271 g/mol. The van der Waals surface area contributed by atoms with E-state index in [0.717, 1.165) is 12.1 Å². The highest BCUT2D eigenvalue weighted by atomic mass is 19.2. The van der Waals surface area contributed by atoms with Gasteiger partial charge in [0.1, 0.15) is 0 Å². The molecule has 0 heterocycles. The van der Waals surface area contributed by atoms with Crippen molar-refractivity contribution in [3.05, 3.63) is 35.4 Å². The Balaban J connectivity index is 2.67. The van der Waals surface area contributed by atoms with Crippen molar-refractivity contribution < 1.29 is 23.5 Å². The van der Waals surface area contributed by atoms with Gasteiger partial charge in [-0.05, 0) is 24.6 Å². The number of carboxylic acid groups (broad SMARTS) is 1. The molecule has 104 valence electrons. The Bertz CT molecular complexity index is 477. The van der Waals surface area contributed by atoms with Crippen molar-refractivity contribution in [2.45, 2.75) is 26.3 Å². The fourth-order valence-corrected chi connectivity index (χ4v) is 1.61. The molecule has 0 aliphatic carbocycles. The molecule has 19 heavy (non-hydrogen) atoms. The Morgan fingerprint density at radius 1 is 1.21 bits per heavy atom. The van der Waals surface area contributed by atoms with Gasteiger partial charge in [-0.1, -0.05) is 6.07 Å². The average Bonchev–Trinajstić information content (AvgIpc) is 2.37. The molecule has 1 N–H and O–H groups in total. The van der Waals surface area contributed by atoms with Crippen LogP contribution < -0.4 is 0 Å². The fraction of sp³-hybridized carbons (Fsp3) is 0.385. The first kappa shape index (κ1) is 15.1. The monoisotopic (exact) mass is 271 g/mol. The van der Waals surface area contributed by atoms with E-state index in [9.17, 15) is 18.4 Å². The zero-order valence-electron chi connectivity index (χ0n) is 10.5. The molecular formula is C13H15F2NO3. The van der Waals surface area contributed by atoms with Crippen molar-refractivity contribution in [2.24, 2.45) is 0 Å². The maximum atomic E-state index is 13.0. The quantitative estimate of drug-likeness (QED) is 0.862. The molecule has 0 spiro atoms. The molecule has 0 saturated heterocycles. The molecule has 0 aliphatic heterocycles. The van der Waals surface area contributed by atoms with Crippen LogP contribution in [0.3, 0.4) is 0 Å². The smallest absolute Gasteiger partial charge is 0.303 e. The molecule has 0 atom stereocenters. The van der Waals surface area contributed by atoms with Gasteiger partial charge in [-0.15, -0.1) is 0 Å².